The van der Waals surface area contributed by atoms with E-state index in [1.54, 1.807) is 14.2 Å². The van der Waals surface area contributed by atoms with E-state index >= 15 is 0 Å². The molecule has 0 aromatic carbocycles. The normalized spacial score (nSPS) is 14.8. The second-order valence-electron chi connectivity index (χ2n) is 4.03. The summed E-state index contributed by atoms with van der Waals surface area (Å²) >= 11 is 0. The molecule has 82 valence electrons. The van der Waals surface area contributed by atoms with Gasteiger partial charge in [-0.25, -0.2) is 0 Å². The molecule has 2 unspecified atom stereocenters. The Morgan fingerprint density at radius 1 is 1.08 bits per heavy atom. The first kappa shape index (κ1) is 15.8. The van der Waals surface area contributed by atoms with Crippen LogP contribution in [0.5, 0.6) is 0 Å². The fourth-order valence-corrected chi connectivity index (χ4v) is 2.67. The Hall–Kier alpha value is 0.390. The zero-order valence-electron chi connectivity index (χ0n) is 10.4. The van der Waals surface area contributed by atoms with Crippen LogP contribution in [-0.4, -0.2) is 33.7 Å². The molecule has 0 radical (unpaired) electrons. The molecule has 2 heteroatoms. The lowest BCUT2D eigenvalue weighted by molar-refractivity contribution is 0.277. The van der Waals surface area contributed by atoms with Crippen LogP contribution in [0.25, 0.3) is 0 Å². The number of methoxy groups -OCH3 is 1. The van der Waals surface area contributed by atoms with Crippen LogP contribution >= 0.6 is 7.92 Å². The van der Waals surface area contributed by atoms with E-state index in [1.165, 1.54) is 12.6 Å². The Balaban J connectivity index is 0. The summed E-state index contributed by atoms with van der Waals surface area (Å²) in [5.41, 5.74) is 0. The lowest BCUT2D eigenvalue weighted by atomic mass is 9.96. The van der Waals surface area contributed by atoms with Gasteiger partial charge in [0.25, 0.3) is 0 Å². The van der Waals surface area contributed by atoms with Crippen LogP contribution in [0, 0.1) is 11.8 Å². The third kappa shape index (κ3) is 12.4. The minimum atomic E-state index is 0.322. The quantitative estimate of drug-likeness (QED) is 0.638. The molecular weight excluding hydrogens is 179 g/mol. The third-order valence-electron chi connectivity index (χ3n) is 2.27. The first-order chi connectivity index (χ1) is 5.99. The van der Waals surface area contributed by atoms with Crippen molar-refractivity contribution in [2.75, 3.05) is 33.7 Å². The predicted octanol–water partition coefficient (Wildman–Crippen LogP) is 3.67. The second kappa shape index (κ2) is 10.5. The zero-order valence-corrected chi connectivity index (χ0v) is 11.3. The SMILES string of the molecule is CCC(C)C(C)CP(C)C.COC. The van der Waals surface area contributed by atoms with Crippen LogP contribution in [0.2, 0.25) is 0 Å². The van der Waals surface area contributed by atoms with Gasteiger partial charge in [0, 0.05) is 14.2 Å². The summed E-state index contributed by atoms with van der Waals surface area (Å²) in [7, 11) is 3.57. The van der Waals surface area contributed by atoms with Gasteiger partial charge in [0.05, 0.1) is 0 Å². The van der Waals surface area contributed by atoms with E-state index in [-0.39, 0.29) is 0 Å². The Labute approximate surface area is 86.0 Å². The molecule has 0 fully saturated rings. The Bertz CT molecular complexity index is 94.1. The highest BCUT2D eigenvalue weighted by atomic mass is 31.1. The molecule has 1 nitrogen and oxygen atoms in total. The molecule has 0 amide bonds. The molecule has 0 heterocycles. The molecule has 0 spiro atoms. The van der Waals surface area contributed by atoms with E-state index in [2.05, 4.69) is 38.8 Å². The number of hydrogen-bond acceptors (Lipinski definition) is 1. The van der Waals surface area contributed by atoms with Gasteiger partial charge in [0.15, 0.2) is 0 Å². The highest BCUT2D eigenvalue weighted by Crippen LogP contribution is 2.31. The van der Waals surface area contributed by atoms with E-state index in [4.69, 9.17) is 0 Å². The smallest absolute Gasteiger partial charge is 0.0351 e. The first-order valence-electron chi connectivity index (χ1n) is 5.04. The van der Waals surface area contributed by atoms with Crippen molar-refractivity contribution in [2.24, 2.45) is 11.8 Å². The van der Waals surface area contributed by atoms with Crippen LogP contribution in [0.15, 0.2) is 0 Å². The van der Waals surface area contributed by atoms with Crippen molar-refractivity contribution >= 4 is 7.92 Å². The lowest BCUT2D eigenvalue weighted by Crippen LogP contribution is -2.09. The minimum absolute atomic E-state index is 0.322. The molecule has 13 heavy (non-hydrogen) atoms. The standard InChI is InChI=1S/C9H21P.C2H6O/c1-6-8(2)9(3)7-10(4)5;1-3-2/h8-9H,6-7H2,1-5H3;1-2H3. The maximum atomic E-state index is 4.25. The van der Waals surface area contributed by atoms with Gasteiger partial charge in [-0.2, -0.15) is 0 Å². The molecule has 0 N–H and O–H groups in total. The highest BCUT2D eigenvalue weighted by molar-refractivity contribution is 7.55. The van der Waals surface area contributed by atoms with E-state index < -0.39 is 0 Å². The molecular formula is C11H27OP. The monoisotopic (exact) mass is 206 g/mol. The highest BCUT2D eigenvalue weighted by Gasteiger charge is 2.10. The summed E-state index contributed by atoms with van der Waals surface area (Å²) in [6.45, 7) is 11.8. The van der Waals surface area contributed by atoms with Crippen molar-refractivity contribution in [1.29, 1.82) is 0 Å². The van der Waals surface area contributed by atoms with Gasteiger partial charge in [-0.3, -0.25) is 0 Å². The van der Waals surface area contributed by atoms with Crippen molar-refractivity contribution in [3.05, 3.63) is 0 Å². The minimum Gasteiger partial charge on any atom is -0.388 e. The lowest BCUT2D eigenvalue weighted by Gasteiger charge is -2.19. The first-order valence-corrected chi connectivity index (χ1v) is 7.46. The van der Waals surface area contributed by atoms with Gasteiger partial charge in [-0.15, -0.1) is 7.92 Å². The molecule has 0 aliphatic heterocycles. The summed E-state index contributed by atoms with van der Waals surface area (Å²) in [5, 5.41) is 0. The van der Waals surface area contributed by atoms with E-state index in [9.17, 15) is 0 Å². The molecule has 2 atom stereocenters. The van der Waals surface area contributed by atoms with Crippen LogP contribution in [-0.2, 0) is 4.74 Å². The van der Waals surface area contributed by atoms with Gasteiger partial charge in [0.1, 0.15) is 0 Å². The average Bonchev–Trinajstić information content (AvgIpc) is 2.03. The summed E-state index contributed by atoms with van der Waals surface area (Å²) in [5.74, 6) is 1.86. The molecule has 0 bridgehead atoms. The number of rotatable bonds is 4. The van der Waals surface area contributed by atoms with Crippen molar-refractivity contribution in [2.45, 2.75) is 27.2 Å². The third-order valence-corrected chi connectivity index (χ3v) is 3.57. The fourth-order valence-electron chi connectivity index (χ4n) is 1.16. The Kier molecular flexibility index (Phi) is 12.8. The number of hydrogen-bond donors (Lipinski definition) is 0. The van der Waals surface area contributed by atoms with Crippen molar-refractivity contribution in [3.8, 4) is 0 Å². The molecule has 0 aliphatic carbocycles. The second-order valence-corrected chi connectivity index (χ2v) is 6.56. The summed E-state index contributed by atoms with van der Waals surface area (Å²) in [6.07, 6.45) is 2.79. The van der Waals surface area contributed by atoms with E-state index in [0.717, 1.165) is 11.8 Å². The largest absolute Gasteiger partial charge is 0.388 e. The fraction of sp³-hybridized carbons (Fsp3) is 1.00. The van der Waals surface area contributed by atoms with Gasteiger partial charge < -0.3 is 4.74 Å². The van der Waals surface area contributed by atoms with Gasteiger partial charge in [-0.1, -0.05) is 27.2 Å². The molecule has 0 saturated carbocycles. The predicted molar refractivity (Wildman–Crippen MR) is 65.2 cm³/mol. The number of ether oxygens (including phenoxy) is 1. The summed E-state index contributed by atoms with van der Waals surface area (Å²) in [6, 6.07) is 0. The summed E-state index contributed by atoms with van der Waals surface area (Å²) in [4.78, 5) is 0. The van der Waals surface area contributed by atoms with Crippen LogP contribution in [0.1, 0.15) is 27.2 Å². The summed E-state index contributed by atoms with van der Waals surface area (Å²) < 4.78 is 4.25. The van der Waals surface area contributed by atoms with Gasteiger partial charge in [0.2, 0.25) is 0 Å². The van der Waals surface area contributed by atoms with Crippen LogP contribution in [0.4, 0.5) is 0 Å². The molecule has 0 aliphatic rings. The molecule has 0 rings (SSSR count). The maximum absolute atomic E-state index is 4.25. The zero-order chi connectivity index (χ0) is 10.9. The molecule has 0 aromatic heterocycles. The topological polar surface area (TPSA) is 9.23 Å². The van der Waals surface area contributed by atoms with Crippen molar-refractivity contribution in [1.82, 2.24) is 0 Å². The Morgan fingerprint density at radius 2 is 1.46 bits per heavy atom. The maximum Gasteiger partial charge on any atom is 0.0351 e. The molecule has 0 saturated heterocycles. The Morgan fingerprint density at radius 3 is 1.69 bits per heavy atom. The average molecular weight is 206 g/mol. The van der Waals surface area contributed by atoms with Gasteiger partial charge in [-0.05, 0) is 31.3 Å². The van der Waals surface area contributed by atoms with Crippen LogP contribution < -0.4 is 0 Å². The van der Waals surface area contributed by atoms with E-state index in [0.29, 0.717) is 7.92 Å². The van der Waals surface area contributed by atoms with E-state index in [1.807, 2.05) is 0 Å². The van der Waals surface area contributed by atoms with Crippen LogP contribution in [0.3, 0.4) is 0 Å². The van der Waals surface area contributed by atoms with Crippen molar-refractivity contribution < 1.29 is 4.74 Å². The van der Waals surface area contributed by atoms with Crippen molar-refractivity contribution in [3.63, 3.8) is 0 Å². The molecule has 0 aromatic rings. The van der Waals surface area contributed by atoms with Gasteiger partial charge >= 0.3 is 0 Å².